The van der Waals surface area contributed by atoms with E-state index in [0.717, 1.165) is 21.3 Å². The van der Waals surface area contributed by atoms with Gasteiger partial charge < -0.3 is 5.73 Å². The lowest BCUT2D eigenvalue weighted by molar-refractivity contribution is 0.616. The van der Waals surface area contributed by atoms with Crippen molar-refractivity contribution in [1.82, 2.24) is 4.98 Å². The van der Waals surface area contributed by atoms with E-state index in [1.165, 1.54) is 12.1 Å². The molecule has 0 aliphatic heterocycles. The van der Waals surface area contributed by atoms with Gasteiger partial charge in [0.2, 0.25) is 0 Å². The van der Waals surface area contributed by atoms with E-state index in [4.69, 9.17) is 5.73 Å². The molecule has 0 amide bonds. The van der Waals surface area contributed by atoms with Crippen molar-refractivity contribution in [2.24, 2.45) is 5.73 Å². The van der Waals surface area contributed by atoms with Crippen LogP contribution in [0.15, 0.2) is 41.0 Å². The van der Waals surface area contributed by atoms with Crippen LogP contribution in [0.3, 0.4) is 0 Å². The molecule has 0 bridgehead atoms. The minimum absolute atomic E-state index is 0.273. The second kappa shape index (κ2) is 5.59. The molecule has 2 N–H and O–H groups in total. The smallest absolute Gasteiger partial charge is 0.123 e. The minimum atomic E-state index is -0.277. The lowest BCUT2D eigenvalue weighted by Gasteiger charge is -2.13. The summed E-state index contributed by atoms with van der Waals surface area (Å²) in [6, 6.07) is 8.21. The predicted molar refractivity (Wildman–Crippen MR) is 73.7 cm³/mol. The number of benzene rings is 1. The zero-order valence-electron chi connectivity index (χ0n) is 10.0. The Labute approximate surface area is 114 Å². The third kappa shape index (κ3) is 3.15. The molecule has 0 aliphatic rings. The summed E-state index contributed by atoms with van der Waals surface area (Å²) in [5, 5.41) is 0. The van der Waals surface area contributed by atoms with Gasteiger partial charge >= 0.3 is 0 Å². The van der Waals surface area contributed by atoms with Gasteiger partial charge in [0.15, 0.2) is 0 Å². The fraction of sp³-hybridized carbons (Fsp3) is 0.214. The van der Waals surface area contributed by atoms with Gasteiger partial charge in [-0.15, -0.1) is 0 Å². The van der Waals surface area contributed by atoms with E-state index in [0.29, 0.717) is 6.42 Å². The summed E-state index contributed by atoms with van der Waals surface area (Å²) in [6.45, 7) is 1.99. The first-order chi connectivity index (χ1) is 8.56. The third-order valence-electron chi connectivity index (χ3n) is 2.76. The van der Waals surface area contributed by atoms with Gasteiger partial charge in [-0.2, -0.15) is 0 Å². The quantitative estimate of drug-likeness (QED) is 0.942. The van der Waals surface area contributed by atoms with Crippen LogP contribution in [0.1, 0.15) is 22.9 Å². The van der Waals surface area contributed by atoms with Crippen molar-refractivity contribution in [3.05, 3.63) is 63.6 Å². The number of aromatic nitrogens is 1. The van der Waals surface area contributed by atoms with Gasteiger partial charge in [-0.1, -0.05) is 22.0 Å². The molecule has 2 rings (SSSR count). The topological polar surface area (TPSA) is 38.9 Å². The minimum Gasteiger partial charge on any atom is -0.324 e. The molecule has 1 heterocycles. The average molecular weight is 309 g/mol. The summed E-state index contributed by atoms with van der Waals surface area (Å²) >= 11 is 3.39. The number of hydrogen-bond acceptors (Lipinski definition) is 2. The highest BCUT2D eigenvalue weighted by Crippen LogP contribution is 2.25. The summed E-state index contributed by atoms with van der Waals surface area (Å²) in [4.78, 5) is 4.31. The molecule has 0 saturated heterocycles. The van der Waals surface area contributed by atoms with Crippen LogP contribution in [0.2, 0.25) is 0 Å². The molecule has 0 saturated carbocycles. The van der Waals surface area contributed by atoms with Gasteiger partial charge in [0, 0.05) is 28.8 Å². The van der Waals surface area contributed by atoms with Gasteiger partial charge in [-0.25, -0.2) is 4.39 Å². The summed E-state index contributed by atoms with van der Waals surface area (Å²) in [6.07, 6.45) is 2.39. The van der Waals surface area contributed by atoms with Crippen LogP contribution in [-0.2, 0) is 6.42 Å². The maximum Gasteiger partial charge on any atom is 0.123 e. The molecule has 0 aliphatic carbocycles. The number of halogens is 2. The first-order valence-corrected chi connectivity index (χ1v) is 6.47. The Balaban J connectivity index is 2.18. The molecule has 1 unspecified atom stereocenters. The summed E-state index contributed by atoms with van der Waals surface area (Å²) in [5.41, 5.74) is 8.88. The van der Waals surface area contributed by atoms with Gasteiger partial charge in [-0.3, -0.25) is 4.98 Å². The van der Waals surface area contributed by atoms with Crippen LogP contribution in [0.4, 0.5) is 4.39 Å². The fourth-order valence-electron chi connectivity index (χ4n) is 1.75. The van der Waals surface area contributed by atoms with Crippen LogP contribution in [0.5, 0.6) is 0 Å². The van der Waals surface area contributed by atoms with E-state index >= 15 is 0 Å². The summed E-state index contributed by atoms with van der Waals surface area (Å²) in [7, 11) is 0. The van der Waals surface area contributed by atoms with Gasteiger partial charge in [0.25, 0.3) is 0 Å². The van der Waals surface area contributed by atoms with Crippen molar-refractivity contribution >= 4 is 15.9 Å². The Kier molecular flexibility index (Phi) is 4.09. The van der Waals surface area contributed by atoms with Crippen molar-refractivity contribution in [3.63, 3.8) is 0 Å². The fourth-order valence-corrected chi connectivity index (χ4v) is 2.29. The van der Waals surface area contributed by atoms with Crippen LogP contribution in [0.25, 0.3) is 0 Å². The SMILES string of the molecule is Cc1ccc(CC(N)c2cc(F)ccc2Br)nc1. The molecule has 2 aromatic rings. The molecule has 0 fully saturated rings. The lowest BCUT2D eigenvalue weighted by atomic mass is 10.0. The number of pyridine rings is 1. The van der Waals surface area contributed by atoms with Crippen molar-refractivity contribution in [2.45, 2.75) is 19.4 Å². The Bertz CT molecular complexity index is 540. The molecule has 4 heteroatoms. The normalized spacial score (nSPS) is 12.4. The van der Waals surface area contributed by atoms with E-state index in [1.807, 2.05) is 25.3 Å². The number of nitrogens with two attached hydrogens (primary N) is 1. The molecule has 1 aromatic heterocycles. The Hall–Kier alpha value is -1.26. The van der Waals surface area contributed by atoms with Crippen molar-refractivity contribution in [2.75, 3.05) is 0 Å². The molecule has 1 atom stereocenters. The van der Waals surface area contributed by atoms with E-state index in [1.54, 1.807) is 6.07 Å². The van der Waals surface area contributed by atoms with Crippen molar-refractivity contribution in [1.29, 1.82) is 0 Å². The molecular weight excluding hydrogens is 295 g/mol. The number of hydrogen-bond donors (Lipinski definition) is 1. The van der Waals surface area contributed by atoms with E-state index in [-0.39, 0.29) is 11.9 Å². The molecule has 94 valence electrons. The van der Waals surface area contributed by atoms with Crippen molar-refractivity contribution < 1.29 is 4.39 Å². The van der Waals surface area contributed by atoms with E-state index < -0.39 is 0 Å². The number of aryl methyl sites for hydroxylation is 1. The zero-order valence-corrected chi connectivity index (χ0v) is 11.6. The standard InChI is InChI=1S/C14H14BrFN2/c1-9-2-4-11(18-8-9)7-14(17)12-6-10(16)3-5-13(12)15/h2-6,8,14H,7,17H2,1H3. The van der Waals surface area contributed by atoms with Crippen molar-refractivity contribution in [3.8, 4) is 0 Å². The maximum absolute atomic E-state index is 13.2. The average Bonchev–Trinajstić information content (AvgIpc) is 2.35. The third-order valence-corrected chi connectivity index (χ3v) is 3.48. The largest absolute Gasteiger partial charge is 0.324 e. The lowest BCUT2D eigenvalue weighted by Crippen LogP contribution is -2.15. The number of rotatable bonds is 3. The van der Waals surface area contributed by atoms with Crippen LogP contribution >= 0.6 is 15.9 Å². The van der Waals surface area contributed by atoms with Gasteiger partial charge in [0.1, 0.15) is 5.82 Å². The molecule has 1 aromatic carbocycles. The second-order valence-corrected chi connectivity index (χ2v) is 5.16. The van der Waals surface area contributed by atoms with Gasteiger partial charge in [0.05, 0.1) is 0 Å². The Morgan fingerprint density at radius 2 is 2.11 bits per heavy atom. The Morgan fingerprint density at radius 3 is 2.78 bits per heavy atom. The summed E-state index contributed by atoms with van der Waals surface area (Å²) in [5.74, 6) is -0.277. The predicted octanol–water partition coefficient (Wildman–Crippen LogP) is 3.53. The van der Waals surface area contributed by atoms with Crippen LogP contribution < -0.4 is 5.73 Å². The maximum atomic E-state index is 13.2. The first kappa shape index (κ1) is 13.2. The second-order valence-electron chi connectivity index (χ2n) is 4.30. The monoisotopic (exact) mass is 308 g/mol. The number of nitrogens with zero attached hydrogens (tertiary/aromatic N) is 1. The van der Waals surface area contributed by atoms with Gasteiger partial charge in [-0.05, 0) is 42.3 Å². The first-order valence-electron chi connectivity index (χ1n) is 5.68. The molecule has 2 nitrogen and oxygen atoms in total. The van der Waals surface area contributed by atoms with Crippen LogP contribution in [0, 0.1) is 12.7 Å². The highest BCUT2D eigenvalue weighted by molar-refractivity contribution is 9.10. The molecular formula is C14H14BrFN2. The molecule has 0 radical (unpaired) electrons. The zero-order chi connectivity index (χ0) is 13.1. The Morgan fingerprint density at radius 1 is 1.33 bits per heavy atom. The molecule has 0 spiro atoms. The van der Waals surface area contributed by atoms with Crippen LogP contribution in [-0.4, -0.2) is 4.98 Å². The van der Waals surface area contributed by atoms with E-state index in [9.17, 15) is 4.39 Å². The highest BCUT2D eigenvalue weighted by atomic mass is 79.9. The highest BCUT2D eigenvalue weighted by Gasteiger charge is 2.12. The summed E-state index contributed by atoms with van der Waals surface area (Å²) < 4.78 is 14.0. The molecule has 18 heavy (non-hydrogen) atoms. The van der Waals surface area contributed by atoms with E-state index in [2.05, 4.69) is 20.9 Å².